The van der Waals surface area contributed by atoms with Gasteiger partial charge in [0.05, 0.1) is 5.25 Å². The van der Waals surface area contributed by atoms with Gasteiger partial charge in [-0.25, -0.2) is 4.39 Å². The number of amides is 1. The monoisotopic (exact) mass is 338 g/mol. The van der Waals surface area contributed by atoms with Crippen molar-refractivity contribution in [3.05, 3.63) is 30.1 Å². The van der Waals surface area contributed by atoms with Crippen molar-refractivity contribution in [1.82, 2.24) is 10.2 Å². The van der Waals surface area contributed by atoms with Crippen LogP contribution in [0.2, 0.25) is 0 Å². The Balaban J connectivity index is 1.53. The standard InChI is InChI=1S/C14H15FN4OS2/c1-8(12(20)16-10-4-2-9(15)3-5-10)21-14-19-18-13(22-14)17-11-6-7-11/h2-5,8,11H,6-7H2,1H3,(H,16,20)(H,17,18)/t8-/m0/s1. The molecule has 1 fully saturated rings. The fourth-order valence-corrected chi connectivity index (χ4v) is 3.67. The van der Waals surface area contributed by atoms with E-state index in [9.17, 15) is 9.18 Å². The van der Waals surface area contributed by atoms with E-state index in [2.05, 4.69) is 20.8 Å². The number of aromatic nitrogens is 2. The summed E-state index contributed by atoms with van der Waals surface area (Å²) in [5.41, 5.74) is 0.576. The van der Waals surface area contributed by atoms with Gasteiger partial charge in [0.25, 0.3) is 0 Å². The Morgan fingerprint density at radius 2 is 2.09 bits per heavy atom. The summed E-state index contributed by atoms with van der Waals surface area (Å²) in [7, 11) is 0. The zero-order valence-corrected chi connectivity index (χ0v) is 13.5. The molecule has 0 unspecified atom stereocenters. The Hall–Kier alpha value is -1.67. The Kier molecular flexibility index (Phi) is 4.58. The van der Waals surface area contributed by atoms with Crippen molar-refractivity contribution in [2.75, 3.05) is 10.6 Å². The molecular weight excluding hydrogens is 323 g/mol. The molecule has 2 N–H and O–H groups in total. The minimum absolute atomic E-state index is 0.150. The Labute approximate surface area is 135 Å². The van der Waals surface area contributed by atoms with Gasteiger partial charge < -0.3 is 10.6 Å². The summed E-state index contributed by atoms with van der Waals surface area (Å²) in [5, 5.41) is 14.7. The van der Waals surface area contributed by atoms with Gasteiger partial charge in [-0.2, -0.15) is 0 Å². The second-order valence-corrected chi connectivity index (χ2v) is 7.61. The highest BCUT2D eigenvalue weighted by atomic mass is 32.2. The number of halogens is 1. The molecule has 0 spiro atoms. The molecular formula is C14H15FN4OS2. The lowest BCUT2D eigenvalue weighted by molar-refractivity contribution is -0.115. The van der Waals surface area contributed by atoms with Crippen LogP contribution in [-0.4, -0.2) is 27.4 Å². The first-order chi connectivity index (χ1) is 10.6. The Morgan fingerprint density at radius 1 is 1.36 bits per heavy atom. The SMILES string of the molecule is C[C@H](Sc1nnc(NC2CC2)s1)C(=O)Nc1ccc(F)cc1. The van der Waals surface area contributed by atoms with Crippen molar-refractivity contribution in [2.24, 2.45) is 0 Å². The minimum atomic E-state index is -0.329. The normalized spacial score (nSPS) is 15.4. The molecule has 1 aromatic heterocycles. The Bertz CT molecular complexity index is 657. The van der Waals surface area contributed by atoms with Gasteiger partial charge in [0, 0.05) is 11.7 Å². The van der Waals surface area contributed by atoms with Crippen LogP contribution in [-0.2, 0) is 4.79 Å². The molecule has 3 rings (SSSR count). The third-order valence-electron chi connectivity index (χ3n) is 3.07. The predicted octanol–water partition coefficient (Wildman–Crippen LogP) is 3.37. The van der Waals surface area contributed by atoms with Crippen LogP contribution < -0.4 is 10.6 Å². The van der Waals surface area contributed by atoms with Crippen molar-refractivity contribution < 1.29 is 9.18 Å². The molecule has 1 amide bonds. The molecule has 0 bridgehead atoms. The molecule has 1 heterocycles. The van der Waals surface area contributed by atoms with Crippen LogP contribution in [0.25, 0.3) is 0 Å². The lowest BCUT2D eigenvalue weighted by Crippen LogP contribution is -2.22. The summed E-state index contributed by atoms with van der Waals surface area (Å²) < 4.78 is 13.6. The number of anilines is 2. The molecule has 1 aliphatic rings. The van der Waals surface area contributed by atoms with Gasteiger partial charge in [0.2, 0.25) is 11.0 Å². The number of nitrogens with zero attached hydrogens (tertiary/aromatic N) is 2. The lowest BCUT2D eigenvalue weighted by Gasteiger charge is -2.10. The van der Waals surface area contributed by atoms with E-state index in [1.165, 1.54) is 60.2 Å². The van der Waals surface area contributed by atoms with Gasteiger partial charge in [-0.3, -0.25) is 4.79 Å². The van der Waals surface area contributed by atoms with E-state index in [0.717, 1.165) is 9.47 Å². The summed E-state index contributed by atoms with van der Waals surface area (Å²) in [6.45, 7) is 1.80. The molecule has 5 nitrogen and oxygen atoms in total. The number of carbonyl (C=O) groups is 1. The van der Waals surface area contributed by atoms with Crippen molar-refractivity contribution >= 4 is 39.8 Å². The predicted molar refractivity (Wildman–Crippen MR) is 86.9 cm³/mol. The van der Waals surface area contributed by atoms with Gasteiger partial charge >= 0.3 is 0 Å². The molecule has 8 heteroatoms. The van der Waals surface area contributed by atoms with Crippen LogP contribution in [0.5, 0.6) is 0 Å². The number of hydrogen-bond acceptors (Lipinski definition) is 6. The zero-order valence-electron chi connectivity index (χ0n) is 11.9. The van der Waals surface area contributed by atoms with E-state index in [1.54, 1.807) is 6.92 Å². The molecule has 1 saturated carbocycles. The first-order valence-corrected chi connectivity index (χ1v) is 8.63. The molecule has 1 aromatic carbocycles. The fraction of sp³-hybridized carbons (Fsp3) is 0.357. The highest BCUT2D eigenvalue weighted by Crippen LogP contribution is 2.32. The number of nitrogens with one attached hydrogen (secondary N) is 2. The summed E-state index contributed by atoms with van der Waals surface area (Å²) >= 11 is 2.82. The molecule has 1 atom stereocenters. The molecule has 22 heavy (non-hydrogen) atoms. The minimum Gasteiger partial charge on any atom is -0.357 e. The van der Waals surface area contributed by atoms with Crippen LogP contribution in [0, 0.1) is 5.82 Å². The van der Waals surface area contributed by atoms with Crippen LogP contribution in [0.3, 0.4) is 0 Å². The smallest absolute Gasteiger partial charge is 0.237 e. The summed E-state index contributed by atoms with van der Waals surface area (Å²) in [6.07, 6.45) is 2.36. The number of carbonyl (C=O) groups excluding carboxylic acids is 1. The summed E-state index contributed by atoms with van der Waals surface area (Å²) in [5.74, 6) is -0.478. The van der Waals surface area contributed by atoms with Crippen molar-refractivity contribution in [3.63, 3.8) is 0 Å². The molecule has 0 radical (unpaired) electrons. The van der Waals surface area contributed by atoms with Crippen molar-refractivity contribution in [2.45, 2.75) is 35.4 Å². The van der Waals surface area contributed by atoms with Gasteiger partial charge in [0.1, 0.15) is 5.82 Å². The van der Waals surface area contributed by atoms with Crippen LogP contribution in [0.4, 0.5) is 15.2 Å². The maximum Gasteiger partial charge on any atom is 0.237 e. The van der Waals surface area contributed by atoms with Crippen molar-refractivity contribution in [1.29, 1.82) is 0 Å². The number of rotatable bonds is 6. The van der Waals surface area contributed by atoms with Gasteiger partial charge in [0.15, 0.2) is 4.34 Å². The van der Waals surface area contributed by atoms with Gasteiger partial charge in [-0.15, -0.1) is 10.2 Å². The fourth-order valence-electron chi connectivity index (χ4n) is 1.70. The number of hydrogen-bond donors (Lipinski definition) is 2. The maximum absolute atomic E-state index is 12.8. The highest BCUT2D eigenvalue weighted by Gasteiger charge is 2.23. The van der Waals surface area contributed by atoms with Crippen LogP contribution >= 0.6 is 23.1 Å². The first-order valence-electron chi connectivity index (χ1n) is 6.93. The van der Waals surface area contributed by atoms with E-state index in [-0.39, 0.29) is 17.0 Å². The topological polar surface area (TPSA) is 66.9 Å². The molecule has 0 aliphatic heterocycles. The largest absolute Gasteiger partial charge is 0.357 e. The molecule has 116 valence electrons. The average Bonchev–Trinajstić information content (AvgIpc) is 3.20. The van der Waals surface area contributed by atoms with Crippen LogP contribution in [0.15, 0.2) is 28.6 Å². The summed E-state index contributed by atoms with van der Waals surface area (Å²) in [6, 6.07) is 6.23. The van der Waals surface area contributed by atoms with E-state index in [1.807, 2.05) is 0 Å². The van der Waals surface area contributed by atoms with Gasteiger partial charge in [-0.1, -0.05) is 23.1 Å². The molecule has 0 saturated heterocycles. The second kappa shape index (κ2) is 6.62. The number of benzene rings is 1. The van der Waals surface area contributed by atoms with E-state index in [0.29, 0.717) is 11.7 Å². The van der Waals surface area contributed by atoms with Crippen molar-refractivity contribution in [3.8, 4) is 0 Å². The first kappa shape index (κ1) is 15.2. The zero-order chi connectivity index (χ0) is 15.5. The van der Waals surface area contributed by atoms with E-state index in [4.69, 9.17) is 0 Å². The average molecular weight is 338 g/mol. The third-order valence-corrected chi connectivity index (χ3v) is 5.11. The lowest BCUT2D eigenvalue weighted by atomic mass is 10.3. The molecule has 1 aliphatic carbocycles. The van der Waals surface area contributed by atoms with E-state index >= 15 is 0 Å². The quantitative estimate of drug-likeness (QED) is 0.791. The number of thioether (sulfide) groups is 1. The van der Waals surface area contributed by atoms with Gasteiger partial charge in [-0.05, 0) is 44.0 Å². The Morgan fingerprint density at radius 3 is 2.77 bits per heavy atom. The van der Waals surface area contributed by atoms with E-state index < -0.39 is 0 Å². The summed E-state index contributed by atoms with van der Waals surface area (Å²) in [4.78, 5) is 12.1. The maximum atomic E-state index is 12.8. The van der Waals surface area contributed by atoms with Crippen LogP contribution in [0.1, 0.15) is 19.8 Å². The molecule has 2 aromatic rings. The highest BCUT2D eigenvalue weighted by molar-refractivity contribution is 8.02. The third kappa shape index (κ3) is 4.17. The second-order valence-electron chi connectivity index (χ2n) is 5.05.